The molecule has 2 aromatic carbocycles. The minimum atomic E-state index is 0.143. The summed E-state index contributed by atoms with van der Waals surface area (Å²) in [5.41, 5.74) is 15.5. The molecule has 0 spiro atoms. The zero-order valence-corrected chi connectivity index (χ0v) is 14.8. The van der Waals surface area contributed by atoms with E-state index in [0.29, 0.717) is 23.6 Å². The average molecular weight is 350 g/mol. The van der Waals surface area contributed by atoms with Crippen LogP contribution in [-0.4, -0.2) is 24.2 Å². The normalized spacial score (nSPS) is 10.6. The molecular weight excluding hydrogens is 328 g/mol. The fraction of sp³-hybridized carbons (Fsp3) is 0.150. The zero-order valence-electron chi connectivity index (χ0n) is 14.8. The molecule has 0 fully saturated rings. The van der Waals surface area contributed by atoms with Crippen molar-refractivity contribution >= 4 is 17.2 Å². The van der Waals surface area contributed by atoms with Gasteiger partial charge in [-0.1, -0.05) is 6.07 Å². The highest BCUT2D eigenvalue weighted by atomic mass is 16.5. The SMILES string of the molecule is COc1ccc(N(C)c2ccc(O)c(-c3ccc(CN)c(N)n3)c2)cc1. The van der Waals surface area contributed by atoms with Crippen LogP contribution in [-0.2, 0) is 6.54 Å². The van der Waals surface area contributed by atoms with Crippen molar-refractivity contribution in [2.45, 2.75) is 6.54 Å². The van der Waals surface area contributed by atoms with E-state index in [0.717, 1.165) is 22.7 Å². The van der Waals surface area contributed by atoms with Crippen LogP contribution in [0, 0.1) is 0 Å². The monoisotopic (exact) mass is 350 g/mol. The van der Waals surface area contributed by atoms with E-state index in [9.17, 15) is 5.11 Å². The van der Waals surface area contributed by atoms with Crippen molar-refractivity contribution in [2.24, 2.45) is 5.73 Å². The minimum absolute atomic E-state index is 0.143. The second kappa shape index (κ2) is 7.33. The van der Waals surface area contributed by atoms with Gasteiger partial charge in [0.1, 0.15) is 17.3 Å². The number of phenolic OH excluding ortho intramolecular Hbond substituents is 1. The fourth-order valence-electron chi connectivity index (χ4n) is 2.72. The first-order valence-electron chi connectivity index (χ1n) is 8.20. The average Bonchev–Trinajstić information content (AvgIpc) is 2.68. The Hall–Kier alpha value is -3.25. The van der Waals surface area contributed by atoms with Gasteiger partial charge in [-0.2, -0.15) is 0 Å². The van der Waals surface area contributed by atoms with E-state index in [4.69, 9.17) is 16.2 Å². The molecule has 6 heteroatoms. The van der Waals surface area contributed by atoms with Crippen LogP contribution in [0.3, 0.4) is 0 Å². The van der Waals surface area contributed by atoms with Gasteiger partial charge in [-0.05, 0) is 48.5 Å². The van der Waals surface area contributed by atoms with E-state index >= 15 is 0 Å². The molecule has 0 saturated heterocycles. The van der Waals surface area contributed by atoms with Gasteiger partial charge in [0.15, 0.2) is 0 Å². The number of aromatic nitrogens is 1. The summed E-state index contributed by atoms with van der Waals surface area (Å²) >= 11 is 0. The maximum atomic E-state index is 10.3. The maximum Gasteiger partial charge on any atom is 0.128 e. The van der Waals surface area contributed by atoms with E-state index in [1.54, 1.807) is 13.2 Å². The Kier molecular flexibility index (Phi) is 4.95. The van der Waals surface area contributed by atoms with E-state index in [-0.39, 0.29) is 5.75 Å². The number of phenols is 1. The van der Waals surface area contributed by atoms with Gasteiger partial charge in [-0.3, -0.25) is 0 Å². The molecule has 134 valence electrons. The topological polar surface area (TPSA) is 97.6 Å². The van der Waals surface area contributed by atoms with Gasteiger partial charge < -0.3 is 26.2 Å². The molecule has 1 heterocycles. The van der Waals surface area contributed by atoms with Gasteiger partial charge in [0.05, 0.1) is 12.8 Å². The van der Waals surface area contributed by atoms with Gasteiger partial charge in [-0.15, -0.1) is 0 Å². The number of nitrogens with two attached hydrogens (primary N) is 2. The third kappa shape index (κ3) is 3.41. The molecule has 3 rings (SSSR count). The summed E-state index contributed by atoms with van der Waals surface area (Å²) in [6, 6.07) is 16.8. The number of hydrogen-bond donors (Lipinski definition) is 3. The van der Waals surface area contributed by atoms with Gasteiger partial charge in [0.25, 0.3) is 0 Å². The van der Waals surface area contributed by atoms with E-state index in [2.05, 4.69) is 4.98 Å². The van der Waals surface area contributed by atoms with E-state index in [1.165, 1.54) is 0 Å². The van der Waals surface area contributed by atoms with Gasteiger partial charge in [0, 0.05) is 36.1 Å². The third-order valence-corrected chi connectivity index (χ3v) is 4.34. The number of methoxy groups -OCH3 is 1. The molecule has 0 amide bonds. The largest absolute Gasteiger partial charge is 0.507 e. The number of benzene rings is 2. The molecule has 3 aromatic rings. The first kappa shape index (κ1) is 17.6. The minimum Gasteiger partial charge on any atom is -0.507 e. The lowest BCUT2D eigenvalue weighted by molar-refractivity contribution is 0.415. The van der Waals surface area contributed by atoms with Crippen LogP contribution in [0.4, 0.5) is 17.2 Å². The summed E-state index contributed by atoms with van der Waals surface area (Å²) in [7, 11) is 3.59. The van der Waals surface area contributed by atoms with Crippen LogP contribution in [0.1, 0.15) is 5.56 Å². The predicted octanol–water partition coefficient (Wildman–Crippen LogP) is 3.27. The molecule has 0 aliphatic carbocycles. The number of nitrogen functional groups attached to an aromatic ring is 1. The molecule has 0 bridgehead atoms. The van der Waals surface area contributed by atoms with Crippen LogP contribution >= 0.6 is 0 Å². The Morgan fingerprint density at radius 1 is 1.04 bits per heavy atom. The molecule has 0 aliphatic rings. The number of rotatable bonds is 5. The number of nitrogens with zero attached hydrogens (tertiary/aromatic N) is 2. The molecule has 5 N–H and O–H groups in total. The van der Waals surface area contributed by atoms with Crippen LogP contribution in [0.25, 0.3) is 11.3 Å². The zero-order chi connectivity index (χ0) is 18.7. The number of hydrogen-bond acceptors (Lipinski definition) is 6. The van der Waals surface area contributed by atoms with E-state index in [1.807, 2.05) is 60.5 Å². The maximum absolute atomic E-state index is 10.3. The summed E-state index contributed by atoms with van der Waals surface area (Å²) < 4.78 is 5.20. The summed E-state index contributed by atoms with van der Waals surface area (Å²) in [5.74, 6) is 1.32. The highest BCUT2D eigenvalue weighted by molar-refractivity contribution is 5.75. The van der Waals surface area contributed by atoms with Gasteiger partial charge >= 0.3 is 0 Å². The van der Waals surface area contributed by atoms with Crippen molar-refractivity contribution < 1.29 is 9.84 Å². The number of ether oxygens (including phenoxy) is 1. The Bertz CT molecular complexity index is 910. The van der Waals surface area contributed by atoms with Gasteiger partial charge in [-0.25, -0.2) is 4.98 Å². The molecule has 0 saturated carbocycles. The molecule has 6 nitrogen and oxygen atoms in total. The summed E-state index contributed by atoms with van der Waals surface area (Å²) in [5, 5.41) is 10.3. The van der Waals surface area contributed by atoms with E-state index < -0.39 is 0 Å². The Morgan fingerprint density at radius 3 is 2.35 bits per heavy atom. The lowest BCUT2D eigenvalue weighted by Gasteiger charge is -2.21. The number of pyridine rings is 1. The molecular formula is C20H22N4O2. The Labute approximate surface area is 152 Å². The summed E-state index contributed by atoms with van der Waals surface area (Å²) in [6.07, 6.45) is 0. The van der Waals surface area contributed by atoms with Crippen LogP contribution in [0.2, 0.25) is 0 Å². The highest BCUT2D eigenvalue weighted by Gasteiger charge is 2.12. The molecule has 1 aromatic heterocycles. The Morgan fingerprint density at radius 2 is 1.73 bits per heavy atom. The summed E-state index contributed by atoms with van der Waals surface area (Å²) in [6.45, 7) is 0.325. The molecule has 0 aliphatic heterocycles. The van der Waals surface area contributed by atoms with Crippen molar-refractivity contribution in [3.05, 3.63) is 60.2 Å². The molecule has 0 unspecified atom stereocenters. The van der Waals surface area contributed by atoms with Crippen molar-refractivity contribution in [3.8, 4) is 22.8 Å². The molecule has 0 radical (unpaired) electrons. The quantitative estimate of drug-likeness (QED) is 0.653. The van der Waals surface area contributed by atoms with Gasteiger partial charge in [0.2, 0.25) is 0 Å². The number of anilines is 3. The predicted molar refractivity (Wildman–Crippen MR) is 105 cm³/mol. The lowest BCUT2D eigenvalue weighted by atomic mass is 10.1. The molecule has 0 atom stereocenters. The Balaban J connectivity index is 1.97. The lowest BCUT2D eigenvalue weighted by Crippen LogP contribution is -2.09. The van der Waals surface area contributed by atoms with Crippen LogP contribution in [0.15, 0.2) is 54.6 Å². The number of aromatic hydroxyl groups is 1. The van der Waals surface area contributed by atoms with Crippen molar-refractivity contribution in [1.82, 2.24) is 4.98 Å². The second-order valence-corrected chi connectivity index (χ2v) is 5.90. The standard InChI is InChI=1S/C20H22N4O2/c1-24(14-4-7-16(26-2)8-5-14)15-6-10-19(25)17(11-15)18-9-3-13(12-21)20(22)23-18/h3-11,25H,12,21H2,1-2H3,(H2,22,23). The molecule has 26 heavy (non-hydrogen) atoms. The summed E-state index contributed by atoms with van der Waals surface area (Å²) in [4.78, 5) is 6.39. The van der Waals surface area contributed by atoms with Crippen molar-refractivity contribution in [3.63, 3.8) is 0 Å². The second-order valence-electron chi connectivity index (χ2n) is 5.90. The van der Waals surface area contributed by atoms with Crippen LogP contribution in [0.5, 0.6) is 11.5 Å². The fourth-order valence-corrected chi connectivity index (χ4v) is 2.72. The first-order valence-corrected chi connectivity index (χ1v) is 8.20. The first-order chi connectivity index (χ1) is 12.5. The van der Waals surface area contributed by atoms with Crippen molar-refractivity contribution in [2.75, 3.05) is 24.8 Å². The van der Waals surface area contributed by atoms with Crippen LogP contribution < -0.4 is 21.1 Å². The smallest absolute Gasteiger partial charge is 0.128 e. The highest BCUT2D eigenvalue weighted by Crippen LogP contribution is 2.35. The van der Waals surface area contributed by atoms with Crippen molar-refractivity contribution in [1.29, 1.82) is 0 Å². The third-order valence-electron chi connectivity index (χ3n) is 4.34.